The lowest BCUT2D eigenvalue weighted by atomic mass is 10.0. The van der Waals surface area contributed by atoms with E-state index in [-0.39, 0.29) is 12.4 Å². The molecule has 1 atom stereocenters. The van der Waals surface area contributed by atoms with Crippen LogP contribution in [0.2, 0.25) is 0 Å². The van der Waals surface area contributed by atoms with Gasteiger partial charge in [-0.25, -0.2) is 9.59 Å². The average Bonchev–Trinajstić information content (AvgIpc) is 2.26. The molecule has 0 amide bonds. The van der Waals surface area contributed by atoms with Gasteiger partial charge in [0.15, 0.2) is 0 Å². The normalized spacial score (nSPS) is 11.9. The third-order valence-electron chi connectivity index (χ3n) is 2.37. The van der Waals surface area contributed by atoms with E-state index in [1.807, 2.05) is 0 Å². The molecule has 100 valence electrons. The highest BCUT2D eigenvalue weighted by Gasteiger charge is 2.08. The highest BCUT2D eigenvalue weighted by atomic mass is 35.5. The van der Waals surface area contributed by atoms with E-state index in [4.69, 9.17) is 9.84 Å². The summed E-state index contributed by atoms with van der Waals surface area (Å²) in [7, 11) is 0. The molecule has 1 unspecified atom stereocenters. The standard InChI is InChI=1S/C12H20O4.ClH/c1-3-5-6-10(4-2)9-16-12(15)8-7-11(13)14;/h7-8,10H,3-6,9H2,1-2H3,(H,13,14);1H/b8-7-;. The number of unbranched alkanes of at least 4 members (excludes halogenated alkanes) is 1. The first kappa shape index (κ1) is 18.3. The van der Waals surface area contributed by atoms with Crippen LogP contribution in [0.4, 0.5) is 0 Å². The fourth-order valence-electron chi connectivity index (χ4n) is 1.29. The van der Waals surface area contributed by atoms with E-state index in [1.165, 1.54) is 0 Å². The van der Waals surface area contributed by atoms with Crippen LogP contribution < -0.4 is 0 Å². The molecule has 0 aliphatic rings. The molecule has 0 aliphatic heterocycles. The summed E-state index contributed by atoms with van der Waals surface area (Å²) in [6.45, 7) is 4.55. The van der Waals surface area contributed by atoms with E-state index in [1.54, 1.807) is 0 Å². The van der Waals surface area contributed by atoms with Crippen LogP contribution in [0.15, 0.2) is 12.2 Å². The molecule has 0 heterocycles. The van der Waals surface area contributed by atoms with Gasteiger partial charge in [-0.15, -0.1) is 12.4 Å². The van der Waals surface area contributed by atoms with Gasteiger partial charge in [0.05, 0.1) is 6.61 Å². The van der Waals surface area contributed by atoms with Crippen molar-refractivity contribution in [2.75, 3.05) is 6.61 Å². The van der Waals surface area contributed by atoms with Crippen molar-refractivity contribution < 1.29 is 19.4 Å². The Hall–Kier alpha value is -1.03. The minimum Gasteiger partial charge on any atom is -0.478 e. The number of aliphatic carboxylic acids is 1. The van der Waals surface area contributed by atoms with Gasteiger partial charge in [0.25, 0.3) is 0 Å². The Morgan fingerprint density at radius 2 is 1.94 bits per heavy atom. The number of ether oxygens (including phenoxy) is 1. The zero-order chi connectivity index (χ0) is 12.4. The van der Waals surface area contributed by atoms with Gasteiger partial charge in [-0.2, -0.15) is 0 Å². The average molecular weight is 265 g/mol. The summed E-state index contributed by atoms with van der Waals surface area (Å²) in [5.74, 6) is -1.35. The molecule has 0 aliphatic carbocycles. The van der Waals surface area contributed by atoms with Crippen LogP contribution in [-0.4, -0.2) is 23.7 Å². The lowest BCUT2D eigenvalue weighted by Crippen LogP contribution is -2.12. The molecule has 1 N–H and O–H groups in total. The van der Waals surface area contributed by atoms with Crippen LogP contribution in [0.5, 0.6) is 0 Å². The van der Waals surface area contributed by atoms with Crippen molar-refractivity contribution in [3.8, 4) is 0 Å². The summed E-state index contributed by atoms with van der Waals surface area (Å²) in [6.07, 6.45) is 5.99. The van der Waals surface area contributed by atoms with Gasteiger partial charge >= 0.3 is 11.9 Å². The minimum absolute atomic E-state index is 0. The van der Waals surface area contributed by atoms with Gasteiger partial charge in [-0.3, -0.25) is 0 Å². The summed E-state index contributed by atoms with van der Waals surface area (Å²) < 4.78 is 4.95. The first-order chi connectivity index (χ1) is 7.60. The highest BCUT2D eigenvalue weighted by molar-refractivity contribution is 5.90. The monoisotopic (exact) mass is 264 g/mol. The quantitative estimate of drug-likeness (QED) is 0.541. The second-order valence-corrected chi connectivity index (χ2v) is 3.72. The number of carbonyl (C=O) groups is 2. The van der Waals surface area contributed by atoms with Crippen molar-refractivity contribution in [2.24, 2.45) is 5.92 Å². The molecule has 0 aromatic heterocycles. The number of hydrogen-bond acceptors (Lipinski definition) is 3. The van der Waals surface area contributed by atoms with Crippen LogP contribution in [-0.2, 0) is 14.3 Å². The maximum Gasteiger partial charge on any atom is 0.331 e. The van der Waals surface area contributed by atoms with Gasteiger partial charge in [-0.1, -0.05) is 33.1 Å². The van der Waals surface area contributed by atoms with Crippen molar-refractivity contribution in [3.63, 3.8) is 0 Å². The number of hydrogen-bond donors (Lipinski definition) is 1. The van der Waals surface area contributed by atoms with Crippen molar-refractivity contribution in [2.45, 2.75) is 39.5 Å². The first-order valence-electron chi connectivity index (χ1n) is 5.67. The molecule has 0 aromatic rings. The Balaban J connectivity index is 0. The van der Waals surface area contributed by atoms with Crippen LogP contribution >= 0.6 is 12.4 Å². The fourth-order valence-corrected chi connectivity index (χ4v) is 1.29. The number of halogens is 1. The van der Waals surface area contributed by atoms with E-state index < -0.39 is 11.9 Å². The van der Waals surface area contributed by atoms with Gasteiger partial charge in [0.1, 0.15) is 0 Å². The molecule has 4 nitrogen and oxygen atoms in total. The predicted octanol–water partition coefficient (Wildman–Crippen LogP) is 2.81. The smallest absolute Gasteiger partial charge is 0.331 e. The first-order valence-corrected chi connectivity index (χ1v) is 5.67. The Kier molecular flexibility index (Phi) is 12.4. The Bertz CT molecular complexity index is 251. The molecule has 0 radical (unpaired) electrons. The van der Waals surface area contributed by atoms with E-state index in [0.717, 1.165) is 37.8 Å². The number of carboxylic acids is 1. The summed E-state index contributed by atoms with van der Waals surface area (Å²) in [6, 6.07) is 0. The molecule has 0 fully saturated rings. The molecule has 5 heteroatoms. The van der Waals surface area contributed by atoms with Crippen molar-refractivity contribution >= 4 is 24.3 Å². The van der Waals surface area contributed by atoms with Crippen LogP contribution in [0.25, 0.3) is 0 Å². The maximum absolute atomic E-state index is 11.1. The lowest BCUT2D eigenvalue weighted by Gasteiger charge is -2.13. The van der Waals surface area contributed by atoms with Crippen LogP contribution in [0, 0.1) is 5.92 Å². The second-order valence-electron chi connectivity index (χ2n) is 3.72. The molecule has 0 rings (SSSR count). The third kappa shape index (κ3) is 11.2. The van der Waals surface area contributed by atoms with E-state index in [9.17, 15) is 9.59 Å². The molecule has 0 bridgehead atoms. The largest absolute Gasteiger partial charge is 0.478 e. The van der Waals surface area contributed by atoms with E-state index in [0.29, 0.717) is 12.5 Å². The van der Waals surface area contributed by atoms with Gasteiger partial charge in [-0.05, 0) is 12.3 Å². The highest BCUT2D eigenvalue weighted by Crippen LogP contribution is 2.12. The molecule has 17 heavy (non-hydrogen) atoms. The number of rotatable bonds is 8. The van der Waals surface area contributed by atoms with E-state index >= 15 is 0 Å². The summed E-state index contributed by atoms with van der Waals surface area (Å²) in [5, 5.41) is 8.31. The number of esters is 1. The van der Waals surface area contributed by atoms with Gasteiger partial charge in [0.2, 0.25) is 0 Å². The second kappa shape index (κ2) is 11.5. The summed E-state index contributed by atoms with van der Waals surface area (Å²) in [4.78, 5) is 21.2. The van der Waals surface area contributed by atoms with E-state index in [2.05, 4.69) is 13.8 Å². The zero-order valence-electron chi connectivity index (χ0n) is 10.3. The number of carboxylic acid groups (broad SMARTS) is 1. The maximum atomic E-state index is 11.1. The van der Waals surface area contributed by atoms with Crippen molar-refractivity contribution in [1.82, 2.24) is 0 Å². The fraction of sp³-hybridized carbons (Fsp3) is 0.667. The molecule has 0 saturated carbocycles. The Morgan fingerprint density at radius 1 is 1.29 bits per heavy atom. The van der Waals surface area contributed by atoms with Crippen LogP contribution in [0.1, 0.15) is 39.5 Å². The summed E-state index contributed by atoms with van der Waals surface area (Å²) >= 11 is 0. The minimum atomic E-state index is -1.14. The lowest BCUT2D eigenvalue weighted by molar-refractivity contribution is -0.140. The third-order valence-corrected chi connectivity index (χ3v) is 2.37. The Labute approximate surface area is 108 Å². The molecular formula is C12H21ClO4. The number of carbonyl (C=O) groups excluding carboxylic acids is 1. The van der Waals surface area contributed by atoms with Crippen molar-refractivity contribution in [3.05, 3.63) is 12.2 Å². The molecule has 0 saturated heterocycles. The topological polar surface area (TPSA) is 63.6 Å². The SMILES string of the molecule is CCCCC(CC)COC(=O)/C=C\C(=O)O.Cl. The van der Waals surface area contributed by atoms with Crippen LogP contribution in [0.3, 0.4) is 0 Å². The van der Waals surface area contributed by atoms with Gasteiger partial charge < -0.3 is 9.84 Å². The molecule has 0 aromatic carbocycles. The Morgan fingerprint density at radius 3 is 2.41 bits per heavy atom. The summed E-state index contributed by atoms with van der Waals surface area (Å²) in [5.41, 5.74) is 0. The molecule has 0 spiro atoms. The zero-order valence-corrected chi connectivity index (χ0v) is 11.2. The van der Waals surface area contributed by atoms with Gasteiger partial charge in [0, 0.05) is 12.2 Å². The predicted molar refractivity (Wildman–Crippen MR) is 68.3 cm³/mol. The molecular weight excluding hydrogens is 244 g/mol. The van der Waals surface area contributed by atoms with Crippen molar-refractivity contribution in [1.29, 1.82) is 0 Å².